The molecule has 0 radical (unpaired) electrons. The van der Waals surface area contributed by atoms with E-state index in [-0.39, 0.29) is 0 Å². The van der Waals surface area contributed by atoms with Gasteiger partial charge in [-0.05, 0) is 19.4 Å². The average Bonchev–Trinajstić information content (AvgIpc) is 2.86. The summed E-state index contributed by atoms with van der Waals surface area (Å²) in [4.78, 5) is 4.37. The highest BCUT2D eigenvalue weighted by molar-refractivity contribution is 7.11. The molecule has 1 unspecified atom stereocenters. The molecular weight excluding hydrogens is 196 g/mol. The number of ether oxygens (including phenoxy) is 1. The lowest BCUT2D eigenvalue weighted by Gasteiger charge is -2.07. The molecule has 78 valence electrons. The van der Waals surface area contributed by atoms with Crippen LogP contribution in [0, 0.1) is 5.92 Å². The second kappa shape index (κ2) is 4.75. The summed E-state index contributed by atoms with van der Waals surface area (Å²) in [6, 6.07) is 0. The molecule has 0 saturated carbocycles. The van der Waals surface area contributed by atoms with Crippen molar-refractivity contribution >= 4 is 11.3 Å². The lowest BCUT2D eigenvalue weighted by molar-refractivity contribution is 0.258. The first-order chi connectivity index (χ1) is 6.88. The first kappa shape index (κ1) is 9.93. The molecule has 0 amide bonds. The van der Waals surface area contributed by atoms with Crippen molar-refractivity contribution < 1.29 is 4.74 Å². The van der Waals surface area contributed by atoms with Crippen LogP contribution in [0.25, 0.3) is 0 Å². The van der Waals surface area contributed by atoms with E-state index in [2.05, 4.69) is 22.6 Å². The molecule has 1 atom stereocenters. The summed E-state index contributed by atoms with van der Waals surface area (Å²) in [5.74, 6) is 0.670. The van der Waals surface area contributed by atoms with Crippen molar-refractivity contribution in [3.8, 4) is 5.19 Å². The van der Waals surface area contributed by atoms with Crippen LogP contribution >= 0.6 is 11.3 Å². The van der Waals surface area contributed by atoms with E-state index in [4.69, 9.17) is 4.74 Å². The second-order valence-electron chi connectivity index (χ2n) is 3.63. The van der Waals surface area contributed by atoms with Crippen molar-refractivity contribution in [1.82, 2.24) is 10.3 Å². The van der Waals surface area contributed by atoms with Crippen molar-refractivity contribution in [2.75, 3.05) is 19.7 Å². The normalized spacial score (nSPS) is 21.4. The molecule has 0 bridgehead atoms. The smallest absolute Gasteiger partial charge is 0.273 e. The maximum Gasteiger partial charge on any atom is 0.273 e. The Balaban J connectivity index is 1.79. The molecule has 1 aromatic rings. The molecule has 3 nitrogen and oxygen atoms in total. The standard InChI is InChI=1S/C10H16N2OS/c1-2-9-7-14-10(12-9)13-6-8-3-4-11-5-8/h7-8,11H,2-6H2,1H3. The molecule has 1 aliphatic heterocycles. The Morgan fingerprint density at radius 2 is 2.64 bits per heavy atom. The Kier molecular flexibility index (Phi) is 3.37. The Hall–Kier alpha value is -0.610. The molecular formula is C10H16N2OS. The predicted octanol–water partition coefficient (Wildman–Crippen LogP) is 1.69. The number of thiazole rings is 1. The van der Waals surface area contributed by atoms with E-state index in [0.717, 1.165) is 37.0 Å². The van der Waals surface area contributed by atoms with Crippen molar-refractivity contribution in [1.29, 1.82) is 0 Å². The van der Waals surface area contributed by atoms with E-state index in [1.165, 1.54) is 6.42 Å². The van der Waals surface area contributed by atoms with Gasteiger partial charge in [0.15, 0.2) is 0 Å². The van der Waals surface area contributed by atoms with E-state index in [1.54, 1.807) is 11.3 Å². The Morgan fingerprint density at radius 3 is 3.29 bits per heavy atom. The van der Waals surface area contributed by atoms with Gasteiger partial charge in [0.25, 0.3) is 5.19 Å². The van der Waals surface area contributed by atoms with E-state index < -0.39 is 0 Å². The Labute approximate surface area is 88.5 Å². The molecule has 14 heavy (non-hydrogen) atoms. The van der Waals surface area contributed by atoms with Gasteiger partial charge in [-0.1, -0.05) is 18.3 Å². The third kappa shape index (κ3) is 2.45. The summed E-state index contributed by atoms with van der Waals surface area (Å²) in [6.45, 7) is 5.14. The fourth-order valence-corrected chi connectivity index (χ4v) is 2.33. The zero-order valence-corrected chi connectivity index (χ0v) is 9.27. The van der Waals surface area contributed by atoms with E-state index in [9.17, 15) is 0 Å². The lowest BCUT2D eigenvalue weighted by Crippen LogP contribution is -2.15. The summed E-state index contributed by atoms with van der Waals surface area (Å²) in [5, 5.41) is 6.23. The van der Waals surface area contributed by atoms with E-state index in [1.807, 2.05) is 0 Å². The van der Waals surface area contributed by atoms with Gasteiger partial charge in [-0.3, -0.25) is 0 Å². The third-order valence-electron chi connectivity index (χ3n) is 2.50. The molecule has 0 aliphatic carbocycles. The maximum atomic E-state index is 5.64. The van der Waals surface area contributed by atoms with Gasteiger partial charge in [-0.25, -0.2) is 4.98 Å². The summed E-state index contributed by atoms with van der Waals surface area (Å²) in [7, 11) is 0. The lowest BCUT2D eigenvalue weighted by atomic mass is 10.1. The van der Waals surface area contributed by atoms with Gasteiger partial charge in [0.2, 0.25) is 0 Å². The van der Waals surface area contributed by atoms with Gasteiger partial charge < -0.3 is 10.1 Å². The minimum atomic E-state index is 0.670. The van der Waals surface area contributed by atoms with E-state index >= 15 is 0 Å². The monoisotopic (exact) mass is 212 g/mol. The van der Waals surface area contributed by atoms with Gasteiger partial charge in [0.1, 0.15) is 0 Å². The fourth-order valence-electron chi connectivity index (χ4n) is 1.56. The summed E-state index contributed by atoms with van der Waals surface area (Å²) in [5.41, 5.74) is 1.13. The highest BCUT2D eigenvalue weighted by Gasteiger charge is 2.15. The number of aromatic nitrogens is 1. The van der Waals surface area contributed by atoms with Crippen LogP contribution in [-0.4, -0.2) is 24.7 Å². The molecule has 1 fully saturated rings. The third-order valence-corrected chi connectivity index (χ3v) is 3.30. The van der Waals surface area contributed by atoms with Crippen LogP contribution in [-0.2, 0) is 6.42 Å². The number of nitrogens with one attached hydrogen (secondary N) is 1. The Morgan fingerprint density at radius 1 is 1.71 bits per heavy atom. The van der Waals surface area contributed by atoms with E-state index in [0.29, 0.717) is 5.92 Å². The number of aryl methyl sites for hydroxylation is 1. The van der Waals surface area contributed by atoms with Crippen molar-refractivity contribution in [3.05, 3.63) is 11.1 Å². The topological polar surface area (TPSA) is 34.1 Å². The van der Waals surface area contributed by atoms with Crippen LogP contribution in [0.3, 0.4) is 0 Å². The molecule has 0 aromatic carbocycles. The van der Waals surface area contributed by atoms with Crippen molar-refractivity contribution in [2.24, 2.45) is 5.92 Å². The van der Waals surface area contributed by atoms with Gasteiger partial charge in [-0.15, -0.1) is 0 Å². The number of hydrogen-bond donors (Lipinski definition) is 1. The average molecular weight is 212 g/mol. The van der Waals surface area contributed by atoms with Crippen LogP contribution in [0.15, 0.2) is 5.38 Å². The highest BCUT2D eigenvalue weighted by Crippen LogP contribution is 2.19. The first-order valence-corrected chi connectivity index (χ1v) is 6.04. The first-order valence-electron chi connectivity index (χ1n) is 5.16. The summed E-state index contributed by atoms with van der Waals surface area (Å²) >= 11 is 1.60. The quantitative estimate of drug-likeness (QED) is 0.824. The minimum absolute atomic E-state index is 0.670. The molecule has 1 saturated heterocycles. The number of hydrogen-bond acceptors (Lipinski definition) is 4. The predicted molar refractivity (Wildman–Crippen MR) is 58.0 cm³/mol. The van der Waals surface area contributed by atoms with Gasteiger partial charge >= 0.3 is 0 Å². The highest BCUT2D eigenvalue weighted by atomic mass is 32.1. The minimum Gasteiger partial charge on any atom is -0.470 e. The maximum absolute atomic E-state index is 5.64. The largest absolute Gasteiger partial charge is 0.470 e. The molecule has 1 aliphatic rings. The number of nitrogens with zero attached hydrogens (tertiary/aromatic N) is 1. The fraction of sp³-hybridized carbons (Fsp3) is 0.700. The van der Waals surface area contributed by atoms with Crippen molar-refractivity contribution in [3.63, 3.8) is 0 Å². The van der Waals surface area contributed by atoms with Crippen LogP contribution in [0.5, 0.6) is 5.19 Å². The van der Waals surface area contributed by atoms with Crippen molar-refractivity contribution in [2.45, 2.75) is 19.8 Å². The van der Waals surface area contributed by atoms with Gasteiger partial charge in [0, 0.05) is 17.8 Å². The van der Waals surface area contributed by atoms with Crippen LogP contribution in [0.1, 0.15) is 19.0 Å². The zero-order valence-electron chi connectivity index (χ0n) is 8.45. The summed E-state index contributed by atoms with van der Waals surface area (Å²) < 4.78 is 5.64. The molecule has 1 aromatic heterocycles. The SMILES string of the molecule is CCc1csc(OCC2CCNC2)n1. The van der Waals surface area contributed by atoms with Crippen LogP contribution in [0.2, 0.25) is 0 Å². The number of rotatable bonds is 4. The molecule has 0 spiro atoms. The van der Waals surface area contributed by atoms with Gasteiger partial charge in [-0.2, -0.15) is 0 Å². The van der Waals surface area contributed by atoms with Crippen LogP contribution in [0.4, 0.5) is 0 Å². The zero-order chi connectivity index (χ0) is 9.80. The second-order valence-corrected chi connectivity index (χ2v) is 4.45. The molecule has 2 heterocycles. The Bertz CT molecular complexity index is 281. The summed E-state index contributed by atoms with van der Waals surface area (Å²) in [6.07, 6.45) is 2.22. The molecule has 4 heteroatoms. The molecule has 2 rings (SSSR count). The van der Waals surface area contributed by atoms with Gasteiger partial charge in [0.05, 0.1) is 12.3 Å². The van der Waals surface area contributed by atoms with Crippen LogP contribution < -0.4 is 10.1 Å². The molecule has 1 N–H and O–H groups in total.